The summed E-state index contributed by atoms with van der Waals surface area (Å²) in [5, 5.41) is 6.05. The summed E-state index contributed by atoms with van der Waals surface area (Å²) in [6, 6.07) is 5.00. The van der Waals surface area contributed by atoms with E-state index in [2.05, 4.69) is 10.6 Å². The average Bonchev–Trinajstić information content (AvgIpc) is 2.89. The highest BCUT2D eigenvalue weighted by Crippen LogP contribution is 2.29. The second-order valence-corrected chi connectivity index (χ2v) is 4.97. The maximum atomic E-state index is 12.4. The lowest BCUT2D eigenvalue weighted by atomic mass is 10.1. The smallest absolute Gasteiger partial charge is 0.354 e. The van der Waals surface area contributed by atoms with Gasteiger partial charge in [-0.05, 0) is 37.1 Å². The van der Waals surface area contributed by atoms with Gasteiger partial charge in [0.05, 0.1) is 12.0 Å². The summed E-state index contributed by atoms with van der Waals surface area (Å²) < 4.78 is 37.2. The van der Waals surface area contributed by atoms with Crippen LogP contribution in [0, 0.1) is 0 Å². The molecule has 0 aromatic heterocycles. The Morgan fingerprint density at radius 2 is 1.95 bits per heavy atom. The van der Waals surface area contributed by atoms with Crippen molar-refractivity contribution in [2.45, 2.75) is 31.5 Å². The molecule has 1 fully saturated rings. The van der Waals surface area contributed by atoms with E-state index < -0.39 is 11.7 Å². The van der Waals surface area contributed by atoms with Crippen molar-refractivity contribution in [3.05, 3.63) is 35.4 Å². The zero-order valence-corrected chi connectivity index (χ0v) is 12.2. The molecule has 2 rings (SSSR count). The SMILES string of the molecule is Cl.O=C(Cc1ccc(C(F)(F)F)cc1)NCC1CCCN1. The van der Waals surface area contributed by atoms with Gasteiger partial charge in [-0.3, -0.25) is 4.79 Å². The first-order valence-corrected chi connectivity index (χ1v) is 6.61. The van der Waals surface area contributed by atoms with Crippen molar-refractivity contribution >= 4 is 18.3 Å². The fourth-order valence-electron chi connectivity index (χ4n) is 2.23. The monoisotopic (exact) mass is 322 g/mol. The lowest BCUT2D eigenvalue weighted by molar-refractivity contribution is -0.137. The van der Waals surface area contributed by atoms with E-state index in [1.165, 1.54) is 12.1 Å². The number of alkyl halides is 3. The minimum absolute atomic E-state index is 0. The maximum Gasteiger partial charge on any atom is 0.416 e. The molecule has 1 heterocycles. The van der Waals surface area contributed by atoms with E-state index in [4.69, 9.17) is 0 Å². The molecule has 1 aliphatic heterocycles. The molecule has 1 amide bonds. The summed E-state index contributed by atoms with van der Waals surface area (Å²) in [5.41, 5.74) is -0.119. The van der Waals surface area contributed by atoms with Crippen molar-refractivity contribution < 1.29 is 18.0 Å². The van der Waals surface area contributed by atoms with Crippen molar-refractivity contribution in [2.75, 3.05) is 13.1 Å². The van der Waals surface area contributed by atoms with E-state index in [0.29, 0.717) is 18.2 Å². The van der Waals surface area contributed by atoms with Crippen LogP contribution in [0.25, 0.3) is 0 Å². The number of hydrogen-bond acceptors (Lipinski definition) is 2. The first kappa shape index (κ1) is 17.8. The summed E-state index contributed by atoms with van der Waals surface area (Å²) in [4.78, 5) is 11.7. The summed E-state index contributed by atoms with van der Waals surface area (Å²) in [6.07, 6.45) is -2.08. The number of amides is 1. The van der Waals surface area contributed by atoms with Gasteiger partial charge >= 0.3 is 6.18 Å². The molecule has 7 heteroatoms. The van der Waals surface area contributed by atoms with E-state index in [1.807, 2.05) is 0 Å². The normalized spacial score (nSPS) is 18.1. The molecule has 21 heavy (non-hydrogen) atoms. The maximum absolute atomic E-state index is 12.4. The van der Waals surface area contributed by atoms with Crippen molar-refractivity contribution in [2.24, 2.45) is 0 Å². The van der Waals surface area contributed by atoms with Gasteiger partial charge in [0, 0.05) is 12.6 Å². The molecule has 0 bridgehead atoms. The number of rotatable bonds is 4. The Balaban J connectivity index is 0.00000220. The minimum atomic E-state index is -4.34. The Labute approximate surface area is 127 Å². The lowest BCUT2D eigenvalue weighted by Crippen LogP contribution is -2.37. The van der Waals surface area contributed by atoms with Crippen LogP contribution in [0.1, 0.15) is 24.0 Å². The van der Waals surface area contributed by atoms with E-state index >= 15 is 0 Å². The molecule has 1 unspecified atom stereocenters. The van der Waals surface area contributed by atoms with Crippen molar-refractivity contribution in [1.29, 1.82) is 0 Å². The number of carbonyl (C=O) groups excluding carboxylic acids is 1. The van der Waals surface area contributed by atoms with Crippen LogP contribution >= 0.6 is 12.4 Å². The standard InChI is InChI=1S/C14H17F3N2O.ClH/c15-14(16,17)11-5-3-10(4-6-11)8-13(20)19-9-12-2-1-7-18-12;/h3-6,12,18H,1-2,7-9H2,(H,19,20);1H. The topological polar surface area (TPSA) is 41.1 Å². The molecule has 2 N–H and O–H groups in total. The zero-order valence-electron chi connectivity index (χ0n) is 11.4. The number of hydrogen-bond donors (Lipinski definition) is 2. The predicted molar refractivity (Wildman–Crippen MR) is 76.4 cm³/mol. The zero-order chi connectivity index (χ0) is 14.6. The number of nitrogens with one attached hydrogen (secondary N) is 2. The highest BCUT2D eigenvalue weighted by Gasteiger charge is 2.29. The third-order valence-corrected chi connectivity index (χ3v) is 3.35. The number of benzene rings is 1. The first-order chi connectivity index (χ1) is 9.45. The third-order valence-electron chi connectivity index (χ3n) is 3.35. The van der Waals surface area contributed by atoms with Gasteiger partial charge in [-0.1, -0.05) is 12.1 Å². The molecule has 0 spiro atoms. The second-order valence-electron chi connectivity index (χ2n) is 4.97. The second kappa shape index (κ2) is 7.66. The minimum Gasteiger partial charge on any atom is -0.354 e. The quantitative estimate of drug-likeness (QED) is 0.894. The van der Waals surface area contributed by atoms with E-state index in [0.717, 1.165) is 31.5 Å². The molecule has 0 aliphatic carbocycles. The van der Waals surface area contributed by atoms with Crippen molar-refractivity contribution in [1.82, 2.24) is 10.6 Å². The Hall–Kier alpha value is -1.27. The molecule has 0 radical (unpaired) electrons. The molecule has 3 nitrogen and oxygen atoms in total. The molecule has 1 aromatic carbocycles. The van der Waals surface area contributed by atoms with Crippen LogP contribution in [0.4, 0.5) is 13.2 Å². The van der Waals surface area contributed by atoms with Crippen molar-refractivity contribution in [3.63, 3.8) is 0 Å². The van der Waals surface area contributed by atoms with Crippen LogP contribution in [0.2, 0.25) is 0 Å². The fraction of sp³-hybridized carbons (Fsp3) is 0.500. The van der Waals surface area contributed by atoms with Gasteiger partial charge in [0.25, 0.3) is 0 Å². The summed E-state index contributed by atoms with van der Waals surface area (Å²) in [6.45, 7) is 1.54. The largest absolute Gasteiger partial charge is 0.416 e. The molecule has 1 saturated heterocycles. The van der Waals surface area contributed by atoms with E-state index in [9.17, 15) is 18.0 Å². The van der Waals surface area contributed by atoms with Crippen LogP contribution in [0.3, 0.4) is 0 Å². The van der Waals surface area contributed by atoms with Crippen LogP contribution in [-0.2, 0) is 17.4 Å². The van der Waals surface area contributed by atoms with Crippen molar-refractivity contribution in [3.8, 4) is 0 Å². The van der Waals surface area contributed by atoms with Gasteiger partial charge in [-0.2, -0.15) is 13.2 Å². The Kier molecular flexibility index (Phi) is 6.48. The van der Waals surface area contributed by atoms with Gasteiger partial charge in [0.1, 0.15) is 0 Å². The summed E-state index contributed by atoms with van der Waals surface area (Å²) in [7, 11) is 0. The molecule has 0 saturated carbocycles. The van der Waals surface area contributed by atoms with Crippen LogP contribution in [0.15, 0.2) is 24.3 Å². The Morgan fingerprint density at radius 3 is 2.48 bits per heavy atom. The van der Waals surface area contributed by atoms with Crippen LogP contribution in [-0.4, -0.2) is 25.0 Å². The van der Waals surface area contributed by atoms with Crippen LogP contribution < -0.4 is 10.6 Å². The molecular formula is C14H18ClF3N2O. The summed E-state index contributed by atoms with van der Waals surface area (Å²) in [5.74, 6) is -0.168. The highest BCUT2D eigenvalue weighted by molar-refractivity contribution is 5.85. The fourth-order valence-corrected chi connectivity index (χ4v) is 2.23. The molecular weight excluding hydrogens is 305 g/mol. The third kappa shape index (κ3) is 5.55. The lowest BCUT2D eigenvalue weighted by Gasteiger charge is -2.12. The van der Waals surface area contributed by atoms with Gasteiger partial charge < -0.3 is 10.6 Å². The van der Waals surface area contributed by atoms with E-state index in [1.54, 1.807) is 0 Å². The summed E-state index contributed by atoms with van der Waals surface area (Å²) >= 11 is 0. The van der Waals surface area contributed by atoms with E-state index in [-0.39, 0.29) is 24.7 Å². The molecule has 1 aromatic rings. The number of carbonyl (C=O) groups is 1. The Bertz CT molecular complexity index is 456. The highest BCUT2D eigenvalue weighted by atomic mass is 35.5. The first-order valence-electron chi connectivity index (χ1n) is 6.61. The molecule has 118 valence electrons. The van der Waals surface area contributed by atoms with Gasteiger partial charge in [0.2, 0.25) is 5.91 Å². The van der Waals surface area contributed by atoms with Gasteiger partial charge in [-0.15, -0.1) is 12.4 Å². The molecule has 1 atom stereocenters. The predicted octanol–water partition coefficient (Wildman–Crippen LogP) is 2.54. The number of halogens is 4. The average molecular weight is 323 g/mol. The van der Waals surface area contributed by atoms with Crippen LogP contribution in [0.5, 0.6) is 0 Å². The molecule has 1 aliphatic rings. The van der Waals surface area contributed by atoms with Gasteiger partial charge in [0.15, 0.2) is 0 Å². The van der Waals surface area contributed by atoms with Gasteiger partial charge in [-0.25, -0.2) is 0 Å². The Morgan fingerprint density at radius 1 is 1.29 bits per heavy atom.